The summed E-state index contributed by atoms with van der Waals surface area (Å²) in [4.78, 5) is 37.4. The summed E-state index contributed by atoms with van der Waals surface area (Å²) in [6.45, 7) is 3.91. The minimum atomic E-state index is -1.62. The number of anilines is 1. The molecule has 0 radical (unpaired) electrons. The molecule has 1 atom stereocenters. The van der Waals surface area contributed by atoms with Crippen LogP contribution in [0.15, 0.2) is 47.5 Å². The Bertz CT molecular complexity index is 1100. The highest BCUT2D eigenvalue weighted by Gasteiger charge is 2.52. The molecule has 3 aromatic rings. The highest BCUT2D eigenvalue weighted by molar-refractivity contribution is 6.50. The summed E-state index contributed by atoms with van der Waals surface area (Å²) < 4.78 is 0. The Balaban J connectivity index is 1.75. The van der Waals surface area contributed by atoms with Crippen LogP contribution in [0.1, 0.15) is 17.0 Å². The summed E-state index contributed by atoms with van der Waals surface area (Å²) in [7, 11) is 0. The Kier molecular flexibility index (Phi) is 4.20. The number of aliphatic imine (C=N–C) groups is 1. The molecule has 5 N–H and O–H groups in total. The smallest absolute Gasteiger partial charge is 0.272 e. The van der Waals surface area contributed by atoms with Crippen LogP contribution in [0, 0.1) is 13.8 Å². The molecule has 2 aromatic carbocycles. The normalized spacial score (nSPS) is 18.9. The second-order valence-corrected chi connectivity index (χ2v) is 6.83. The summed E-state index contributed by atoms with van der Waals surface area (Å²) >= 11 is 0. The molecule has 0 fully saturated rings. The molecule has 28 heavy (non-hydrogen) atoms. The van der Waals surface area contributed by atoms with Gasteiger partial charge in [-0.3, -0.25) is 19.9 Å². The van der Waals surface area contributed by atoms with Crippen molar-refractivity contribution in [1.82, 2.24) is 15.3 Å². The number of carbonyl (C=O) groups excluding carboxylic acids is 2. The number of hydrogen-bond donors (Lipinski definition) is 4. The largest absolute Gasteiger partial charge is 0.367 e. The van der Waals surface area contributed by atoms with Gasteiger partial charge >= 0.3 is 0 Å². The number of nitrogens with zero attached hydrogens (tertiary/aromatic N) is 2. The minimum absolute atomic E-state index is 0.0139. The van der Waals surface area contributed by atoms with Gasteiger partial charge in [0.15, 0.2) is 0 Å². The molecule has 0 bridgehead atoms. The number of amides is 2. The summed E-state index contributed by atoms with van der Waals surface area (Å²) in [6, 6.07) is 13.1. The van der Waals surface area contributed by atoms with Gasteiger partial charge in [0.1, 0.15) is 11.5 Å². The monoisotopic (exact) mass is 376 g/mol. The third kappa shape index (κ3) is 2.74. The molecule has 1 aliphatic heterocycles. The van der Waals surface area contributed by atoms with Crippen molar-refractivity contribution >= 4 is 34.2 Å². The Morgan fingerprint density at radius 1 is 1.18 bits per heavy atom. The van der Waals surface area contributed by atoms with Crippen molar-refractivity contribution in [2.24, 2.45) is 10.7 Å². The van der Waals surface area contributed by atoms with Crippen molar-refractivity contribution in [2.75, 3.05) is 12.0 Å². The molecule has 0 aliphatic carbocycles. The summed E-state index contributed by atoms with van der Waals surface area (Å²) in [5.74, 6) is -1.01. The number of primary amides is 1. The lowest BCUT2D eigenvalue weighted by atomic mass is 9.91. The summed E-state index contributed by atoms with van der Waals surface area (Å²) in [6.07, 6.45) is 0. The van der Waals surface area contributed by atoms with E-state index >= 15 is 0 Å². The molecule has 1 aliphatic rings. The zero-order valence-electron chi connectivity index (χ0n) is 15.5. The van der Waals surface area contributed by atoms with Crippen LogP contribution in [0.25, 0.3) is 11.0 Å². The predicted octanol–water partition coefficient (Wildman–Crippen LogP) is 1.50. The van der Waals surface area contributed by atoms with E-state index in [0.29, 0.717) is 11.2 Å². The van der Waals surface area contributed by atoms with Crippen LogP contribution in [0.5, 0.6) is 0 Å². The second kappa shape index (κ2) is 6.58. The number of hydrogen-bond acceptors (Lipinski definition) is 5. The second-order valence-electron chi connectivity index (χ2n) is 6.83. The van der Waals surface area contributed by atoms with Gasteiger partial charge in [-0.05, 0) is 43.2 Å². The number of aromatic nitrogens is 2. The summed E-state index contributed by atoms with van der Waals surface area (Å²) in [5, 5.41) is 5.80. The van der Waals surface area contributed by atoms with Crippen molar-refractivity contribution in [2.45, 2.75) is 19.4 Å². The van der Waals surface area contributed by atoms with E-state index in [0.717, 1.165) is 16.6 Å². The first-order valence-electron chi connectivity index (χ1n) is 8.85. The van der Waals surface area contributed by atoms with E-state index in [2.05, 4.69) is 25.6 Å². The fraction of sp³-hybridized carbons (Fsp3) is 0.200. The molecule has 8 nitrogen and oxygen atoms in total. The molecule has 2 heterocycles. The molecule has 1 unspecified atom stereocenters. The number of aromatic amines is 1. The van der Waals surface area contributed by atoms with E-state index < -0.39 is 17.4 Å². The number of H-pyrrole nitrogens is 1. The van der Waals surface area contributed by atoms with Crippen molar-refractivity contribution in [3.63, 3.8) is 0 Å². The maximum Gasteiger partial charge on any atom is 0.272 e. The molecule has 4 rings (SSSR count). The lowest BCUT2D eigenvalue weighted by Crippen LogP contribution is -2.58. The third-order valence-corrected chi connectivity index (χ3v) is 4.91. The van der Waals surface area contributed by atoms with Gasteiger partial charge in [0.25, 0.3) is 11.8 Å². The van der Waals surface area contributed by atoms with Gasteiger partial charge in [0.2, 0.25) is 5.54 Å². The van der Waals surface area contributed by atoms with Gasteiger partial charge in [-0.1, -0.05) is 24.3 Å². The number of fused-ring (bicyclic) bond motifs is 1. The van der Waals surface area contributed by atoms with E-state index in [1.165, 1.54) is 0 Å². The van der Waals surface area contributed by atoms with Crippen LogP contribution in [0.3, 0.4) is 0 Å². The van der Waals surface area contributed by atoms with Gasteiger partial charge in [0, 0.05) is 5.69 Å². The average molecular weight is 376 g/mol. The SMILES string of the molecule is Cc1ccc(C)c(NC(=O)C2=NCNC2(C(N)=O)c2nc3ccccc3[nH]2)c1. The number of imidazole rings is 1. The Labute approximate surface area is 161 Å². The van der Waals surface area contributed by atoms with Gasteiger partial charge in [0.05, 0.1) is 17.7 Å². The number of para-hydroxylation sites is 2. The van der Waals surface area contributed by atoms with Crippen molar-refractivity contribution in [3.8, 4) is 0 Å². The van der Waals surface area contributed by atoms with Crippen molar-refractivity contribution in [1.29, 1.82) is 0 Å². The fourth-order valence-electron chi connectivity index (χ4n) is 3.38. The van der Waals surface area contributed by atoms with Crippen LogP contribution < -0.4 is 16.4 Å². The molecule has 2 amide bonds. The van der Waals surface area contributed by atoms with E-state index in [-0.39, 0.29) is 18.2 Å². The molecule has 0 saturated carbocycles. The first kappa shape index (κ1) is 17.9. The van der Waals surface area contributed by atoms with Gasteiger partial charge in [-0.2, -0.15) is 0 Å². The third-order valence-electron chi connectivity index (χ3n) is 4.91. The average Bonchev–Trinajstić information content (AvgIpc) is 3.29. The first-order chi connectivity index (χ1) is 13.4. The Morgan fingerprint density at radius 3 is 2.71 bits per heavy atom. The molecule has 8 heteroatoms. The molecular weight excluding hydrogens is 356 g/mol. The van der Waals surface area contributed by atoms with E-state index in [1.807, 2.05) is 56.3 Å². The molecular formula is C20H20N6O2. The lowest BCUT2D eigenvalue weighted by molar-refractivity contribution is -0.123. The Hall–Kier alpha value is -3.52. The molecule has 0 spiro atoms. The molecule has 0 saturated heterocycles. The Morgan fingerprint density at radius 2 is 1.96 bits per heavy atom. The highest BCUT2D eigenvalue weighted by Crippen LogP contribution is 2.28. The lowest BCUT2D eigenvalue weighted by Gasteiger charge is -2.25. The van der Waals surface area contributed by atoms with Gasteiger partial charge in [-0.25, -0.2) is 4.98 Å². The quantitative estimate of drug-likeness (QED) is 0.550. The van der Waals surface area contributed by atoms with Crippen LogP contribution in [0.2, 0.25) is 0 Å². The number of nitrogens with two attached hydrogens (primary N) is 1. The van der Waals surface area contributed by atoms with Crippen molar-refractivity contribution < 1.29 is 9.59 Å². The topological polar surface area (TPSA) is 125 Å². The maximum absolute atomic E-state index is 13.1. The first-order valence-corrected chi connectivity index (χ1v) is 8.85. The van der Waals surface area contributed by atoms with Gasteiger partial charge in [-0.15, -0.1) is 0 Å². The summed E-state index contributed by atoms with van der Waals surface area (Å²) in [5.41, 5.74) is 8.07. The fourth-order valence-corrected chi connectivity index (χ4v) is 3.38. The van der Waals surface area contributed by atoms with Crippen LogP contribution in [-0.4, -0.2) is 34.2 Å². The van der Waals surface area contributed by atoms with Crippen LogP contribution in [0.4, 0.5) is 5.69 Å². The number of nitrogens with one attached hydrogen (secondary N) is 3. The number of benzene rings is 2. The molecule has 142 valence electrons. The van der Waals surface area contributed by atoms with E-state index in [4.69, 9.17) is 5.73 Å². The van der Waals surface area contributed by atoms with E-state index in [9.17, 15) is 9.59 Å². The zero-order valence-corrected chi connectivity index (χ0v) is 15.5. The van der Waals surface area contributed by atoms with Crippen LogP contribution in [-0.2, 0) is 15.1 Å². The number of carbonyl (C=O) groups is 2. The van der Waals surface area contributed by atoms with Crippen LogP contribution >= 0.6 is 0 Å². The predicted molar refractivity (Wildman–Crippen MR) is 107 cm³/mol. The number of rotatable bonds is 4. The minimum Gasteiger partial charge on any atom is -0.367 e. The van der Waals surface area contributed by atoms with E-state index in [1.54, 1.807) is 0 Å². The maximum atomic E-state index is 13.1. The molecule has 1 aromatic heterocycles. The van der Waals surface area contributed by atoms with Gasteiger partial charge < -0.3 is 16.0 Å². The standard InChI is InChI=1S/C20H20N6O2/c1-11-7-8-12(2)15(9-11)24-17(27)16-20(18(21)28,23-10-22-16)19-25-13-5-3-4-6-14(13)26-19/h3-9,23H,10H2,1-2H3,(H2,21,28)(H,24,27)(H,25,26). The zero-order chi connectivity index (χ0) is 19.9. The number of aryl methyl sites for hydroxylation is 2. The highest BCUT2D eigenvalue weighted by atomic mass is 16.2. The van der Waals surface area contributed by atoms with Crippen molar-refractivity contribution in [3.05, 3.63) is 59.4 Å².